The third kappa shape index (κ3) is 4.48. The van der Waals surface area contributed by atoms with Crippen molar-refractivity contribution in [1.29, 1.82) is 0 Å². The molecule has 0 saturated carbocycles. The maximum atomic E-state index is 5.63. The van der Waals surface area contributed by atoms with Gasteiger partial charge in [0.25, 0.3) is 0 Å². The summed E-state index contributed by atoms with van der Waals surface area (Å²) in [7, 11) is 0. The SMILES string of the molecule is CCOc1cccc(-c2nc(CN[C@H](C)c3ccc(C)cc3)co2)c1. The van der Waals surface area contributed by atoms with E-state index >= 15 is 0 Å². The predicted molar refractivity (Wildman–Crippen MR) is 99.5 cm³/mol. The number of rotatable bonds is 7. The van der Waals surface area contributed by atoms with Crippen molar-refractivity contribution < 1.29 is 9.15 Å². The normalized spacial score (nSPS) is 12.1. The summed E-state index contributed by atoms with van der Waals surface area (Å²) in [5.41, 5.74) is 4.34. The Kier molecular flexibility index (Phi) is 5.51. The van der Waals surface area contributed by atoms with E-state index < -0.39 is 0 Å². The van der Waals surface area contributed by atoms with Crippen LogP contribution < -0.4 is 10.1 Å². The second kappa shape index (κ2) is 7.99. The van der Waals surface area contributed by atoms with E-state index in [0.29, 0.717) is 19.0 Å². The molecule has 0 aliphatic carbocycles. The molecule has 0 saturated heterocycles. The molecular weight excluding hydrogens is 312 g/mol. The summed E-state index contributed by atoms with van der Waals surface area (Å²) in [5, 5.41) is 3.48. The summed E-state index contributed by atoms with van der Waals surface area (Å²) in [5.74, 6) is 1.44. The highest BCUT2D eigenvalue weighted by Crippen LogP contribution is 2.23. The largest absolute Gasteiger partial charge is 0.494 e. The molecule has 0 amide bonds. The van der Waals surface area contributed by atoms with Crippen LogP contribution in [-0.4, -0.2) is 11.6 Å². The molecule has 25 heavy (non-hydrogen) atoms. The number of nitrogens with zero attached hydrogens (tertiary/aromatic N) is 1. The highest BCUT2D eigenvalue weighted by Gasteiger charge is 2.10. The topological polar surface area (TPSA) is 47.3 Å². The molecule has 0 fully saturated rings. The molecule has 0 aliphatic rings. The van der Waals surface area contributed by atoms with Gasteiger partial charge in [0.1, 0.15) is 12.0 Å². The molecule has 3 aromatic rings. The predicted octanol–water partition coefficient (Wildman–Crippen LogP) is 4.90. The lowest BCUT2D eigenvalue weighted by Crippen LogP contribution is -2.18. The van der Waals surface area contributed by atoms with Crippen LogP contribution in [0.1, 0.15) is 36.7 Å². The van der Waals surface area contributed by atoms with Crippen LogP contribution in [0.2, 0.25) is 0 Å². The Bertz CT molecular complexity index is 809. The molecule has 2 aromatic carbocycles. The maximum absolute atomic E-state index is 5.63. The fourth-order valence-corrected chi connectivity index (χ4v) is 2.64. The molecule has 1 atom stereocenters. The molecular formula is C21H24N2O2. The van der Waals surface area contributed by atoms with E-state index in [9.17, 15) is 0 Å². The van der Waals surface area contributed by atoms with E-state index in [2.05, 4.69) is 48.4 Å². The second-order valence-corrected chi connectivity index (χ2v) is 6.12. The first-order valence-electron chi connectivity index (χ1n) is 8.63. The molecule has 1 N–H and O–H groups in total. The Morgan fingerprint density at radius 3 is 2.72 bits per heavy atom. The van der Waals surface area contributed by atoms with Crippen molar-refractivity contribution in [3.63, 3.8) is 0 Å². The number of benzene rings is 2. The van der Waals surface area contributed by atoms with Gasteiger partial charge in [0, 0.05) is 18.2 Å². The number of aromatic nitrogens is 1. The van der Waals surface area contributed by atoms with Crippen LogP contribution in [0.4, 0.5) is 0 Å². The average molecular weight is 336 g/mol. The van der Waals surface area contributed by atoms with Gasteiger partial charge in [-0.3, -0.25) is 0 Å². The van der Waals surface area contributed by atoms with Gasteiger partial charge in [-0.15, -0.1) is 0 Å². The molecule has 0 aliphatic heterocycles. The number of hydrogen-bond acceptors (Lipinski definition) is 4. The van der Waals surface area contributed by atoms with Gasteiger partial charge >= 0.3 is 0 Å². The fourth-order valence-electron chi connectivity index (χ4n) is 2.64. The van der Waals surface area contributed by atoms with E-state index in [-0.39, 0.29) is 6.04 Å². The molecule has 4 heteroatoms. The Balaban J connectivity index is 1.63. The molecule has 0 bridgehead atoms. The van der Waals surface area contributed by atoms with Gasteiger partial charge in [-0.05, 0) is 44.5 Å². The average Bonchev–Trinajstić information content (AvgIpc) is 3.10. The van der Waals surface area contributed by atoms with E-state index in [4.69, 9.17) is 9.15 Å². The van der Waals surface area contributed by atoms with Crippen molar-refractivity contribution in [2.45, 2.75) is 33.4 Å². The quantitative estimate of drug-likeness (QED) is 0.666. The van der Waals surface area contributed by atoms with Gasteiger partial charge in [0.05, 0.1) is 12.3 Å². The summed E-state index contributed by atoms with van der Waals surface area (Å²) in [4.78, 5) is 4.58. The van der Waals surface area contributed by atoms with E-state index in [1.165, 1.54) is 11.1 Å². The Morgan fingerprint density at radius 2 is 1.96 bits per heavy atom. The van der Waals surface area contributed by atoms with Crippen molar-refractivity contribution in [1.82, 2.24) is 10.3 Å². The minimum absolute atomic E-state index is 0.252. The monoisotopic (exact) mass is 336 g/mol. The molecule has 130 valence electrons. The van der Waals surface area contributed by atoms with Crippen molar-refractivity contribution in [2.75, 3.05) is 6.61 Å². The number of oxazole rings is 1. The number of nitrogens with one attached hydrogen (secondary N) is 1. The first-order chi connectivity index (χ1) is 12.2. The summed E-state index contributed by atoms with van der Waals surface area (Å²) in [6.45, 7) is 7.51. The van der Waals surface area contributed by atoms with Crippen LogP contribution in [0.25, 0.3) is 11.5 Å². The van der Waals surface area contributed by atoms with E-state index in [1.807, 2.05) is 31.2 Å². The minimum Gasteiger partial charge on any atom is -0.494 e. The molecule has 0 spiro atoms. The zero-order valence-corrected chi connectivity index (χ0v) is 15.0. The van der Waals surface area contributed by atoms with Crippen LogP contribution in [0, 0.1) is 6.92 Å². The summed E-state index contributed by atoms with van der Waals surface area (Å²) in [6.07, 6.45) is 1.71. The van der Waals surface area contributed by atoms with Crippen LogP contribution in [0.15, 0.2) is 59.2 Å². The highest BCUT2D eigenvalue weighted by molar-refractivity contribution is 5.56. The van der Waals surface area contributed by atoms with Gasteiger partial charge in [0.15, 0.2) is 0 Å². The van der Waals surface area contributed by atoms with Crippen molar-refractivity contribution in [3.05, 3.63) is 71.6 Å². The minimum atomic E-state index is 0.252. The lowest BCUT2D eigenvalue weighted by molar-refractivity contribution is 0.340. The number of ether oxygens (including phenoxy) is 1. The molecule has 4 nitrogen and oxygen atoms in total. The van der Waals surface area contributed by atoms with Crippen LogP contribution in [0.3, 0.4) is 0 Å². The third-order valence-electron chi connectivity index (χ3n) is 4.11. The lowest BCUT2D eigenvalue weighted by Gasteiger charge is -2.13. The highest BCUT2D eigenvalue weighted by atomic mass is 16.5. The lowest BCUT2D eigenvalue weighted by atomic mass is 10.1. The smallest absolute Gasteiger partial charge is 0.226 e. The van der Waals surface area contributed by atoms with Crippen molar-refractivity contribution in [3.8, 4) is 17.2 Å². The van der Waals surface area contributed by atoms with Gasteiger partial charge in [-0.2, -0.15) is 0 Å². The van der Waals surface area contributed by atoms with Gasteiger partial charge in [-0.1, -0.05) is 35.9 Å². The Labute approximate surface area is 148 Å². The van der Waals surface area contributed by atoms with Gasteiger partial charge in [0.2, 0.25) is 5.89 Å². The maximum Gasteiger partial charge on any atom is 0.226 e. The van der Waals surface area contributed by atoms with Gasteiger partial charge < -0.3 is 14.5 Å². The van der Waals surface area contributed by atoms with Gasteiger partial charge in [-0.25, -0.2) is 4.98 Å². The van der Waals surface area contributed by atoms with E-state index in [1.54, 1.807) is 6.26 Å². The first-order valence-corrected chi connectivity index (χ1v) is 8.63. The fraction of sp³-hybridized carbons (Fsp3) is 0.286. The number of aryl methyl sites for hydroxylation is 1. The summed E-state index contributed by atoms with van der Waals surface area (Å²) >= 11 is 0. The number of hydrogen-bond donors (Lipinski definition) is 1. The zero-order valence-electron chi connectivity index (χ0n) is 15.0. The third-order valence-corrected chi connectivity index (χ3v) is 4.11. The second-order valence-electron chi connectivity index (χ2n) is 6.12. The van der Waals surface area contributed by atoms with Crippen molar-refractivity contribution in [2.24, 2.45) is 0 Å². The van der Waals surface area contributed by atoms with Crippen LogP contribution in [0.5, 0.6) is 5.75 Å². The molecule has 1 aromatic heterocycles. The van der Waals surface area contributed by atoms with Crippen LogP contribution >= 0.6 is 0 Å². The first kappa shape index (κ1) is 17.2. The van der Waals surface area contributed by atoms with Crippen LogP contribution in [-0.2, 0) is 6.54 Å². The summed E-state index contributed by atoms with van der Waals surface area (Å²) in [6, 6.07) is 16.6. The van der Waals surface area contributed by atoms with E-state index in [0.717, 1.165) is 17.0 Å². The zero-order chi connectivity index (χ0) is 17.6. The Morgan fingerprint density at radius 1 is 1.16 bits per heavy atom. The molecule has 3 rings (SSSR count). The Hall–Kier alpha value is -2.59. The van der Waals surface area contributed by atoms with Crippen molar-refractivity contribution >= 4 is 0 Å². The summed E-state index contributed by atoms with van der Waals surface area (Å²) < 4.78 is 11.2. The molecule has 0 radical (unpaired) electrons. The molecule has 1 heterocycles. The molecule has 0 unspecified atom stereocenters. The standard InChI is InChI=1S/C21H24N2O2/c1-4-24-20-7-5-6-18(12-20)21-23-19(14-25-21)13-22-16(3)17-10-8-15(2)9-11-17/h5-12,14,16,22H,4,13H2,1-3H3/t16-/m1/s1.